The minimum atomic E-state index is -3.51. The van der Waals surface area contributed by atoms with Gasteiger partial charge in [-0.1, -0.05) is 190 Å². The number of aliphatic hydroxyl groups excluding tert-OH is 2. The molecule has 4 unspecified atom stereocenters. The highest BCUT2D eigenvalue weighted by molar-refractivity contribution is 7.92. The summed E-state index contributed by atoms with van der Waals surface area (Å²) >= 11 is 0. The molecule has 9 saturated carbocycles. The summed E-state index contributed by atoms with van der Waals surface area (Å²) in [6.45, 7) is 28.4. The fraction of sp³-hybridized carbons (Fsp3) is 0.818. The number of benzene rings is 2. The summed E-state index contributed by atoms with van der Waals surface area (Å²) in [6.07, 6.45) is 46.7. The molecule has 2 aromatic carbocycles. The highest BCUT2D eigenvalue weighted by atomic mass is 32.2. The number of fused-ring (bicyclic) bond motifs is 15. The van der Waals surface area contributed by atoms with Crippen LogP contribution in [0.5, 0.6) is 0 Å². The van der Waals surface area contributed by atoms with Gasteiger partial charge in [0.25, 0.3) is 0 Å². The van der Waals surface area contributed by atoms with Crippen LogP contribution in [0.15, 0.2) is 105 Å². The van der Waals surface area contributed by atoms with Crippen molar-refractivity contribution in [1.82, 2.24) is 0 Å². The summed E-state index contributed by atoms with van der Waals surface area (Å²) in [7, 11) is -6.72. The van der Waals surface area contributed by atoms with Gasteiger partial charge in [0.05, 0.1) is 62.5 Å². The number of allylic oxidation sites excluding steroid dienone is 3. The predicted octanol–water partition coefficient (Wildman–Crippen LogP) is 23.8. The van der Waals surface area contributed by atoms with Crippen molar-refractivity contribution in [1.29, 1.82) is 0 Å². The predicted molar refractivity (Wildman–Crippen MR) is 461 cm³/mol. The third-order valence-electron chi connectivity index (χ3n) is 34.7. The molecule has 0 radical (unpaired) electrons. The van der Waals surface area contributed by atoms with Crippen molar-refractivity contribution in [3.63, 3.8) is 0 Å². The molecule has 28 atom stereocenters. The van der Waals surface area contributed by atoms with Crippen LogP contribution in [0, 0.1) is 123 Å². The van der Waals surface area contributed by atoms with Crippen LogP contribution >= 0.6 is 0 Å². The lowest BCUT2D eigenvalue weighted by Gasteiger charge is -2.55. The zero-order valence-corrected chi connectivity index (χ0v) is 71.3. The molecular formula is C99H164O10S2. The van der Waals surface area contributed by atoms with Crippen molar-refractivity contribution in [2.24, 2.45) is 123 Å². The average molecular weight is 1580 g/mol. The quantitative estimate of drug-likeness (QED) is 0.0530. The number of aliphatic hydroxyl groups is 5. The van der Waals surface area contributed by atoms with Crippen molar-refractivity contribution in [3.8, 4) is 0 Å². The third-order valence-corrected chi connectivity index (χ3v) is 38.6. The fourth-order valence-corrected chi connectivity index (χ4v) is 31.2. The van der Waals surface area contributed by atoms with Gasteiger partial charge in [0.2, 0.25) is 0 Å². The molecule has 0 amide bonds. The van der Waals surface area contributed by atoms with Gasteiger partial charge in [0, 0.05) is 0 Å². The first kappa shape index (κ1) is 92.2. The minimum absolute atomic E-state index is 0. The van der Waals surface area contributed by atoms with E-state index in [2.05, 4.69) is 94.4 Å². The van der Waals surface area contributed by atoms with Crippen LogP contribution in [0.1, 0.15) is 337 Å². The van der Waals surface area contributed by atoms with Crippen molar-refractivity contribution in [3.05, 3.63) is 95.6 Å². The molecule has 12 aliphatic carbocycles. The molecule has 1 saturated heterocycles. The largest absolute Gasteiger partial charge is 0.393 e. The first-order chi connectivity index (χ1) is 51.4. The van der Waals surface area contributed by atoms with Gasteiger partial charge in [-0.05, 0) is 365 Å². The van der Waals surface area contributed by atoms with E-state index < -0.39 is 47.8 Å². The van der Waals surface area contributed by atoms with Crippen molar-refractivity contribution in [2.45, 2.75) is 387 Å². The maximum absolute atomic E-state index is 13.8. The topological polar surface area (TPSA) is 182 Å². The molecule has 5 N–H and O–H groups in total. The smallest absolute Gasteiger partial charge is 0.181 e. The summed E-state index contributed by atoms with van der Waals surface area (Å²) in [5.74, 6) is 13.2. The molecule has 1 heterocycles. The molecule has 2 aromatic rings. The SMILES string of the molecule is C.C.C.CCC(O)CC(C[C@@H](C)[C@H]1CC[C@H]2[C@@H]3CC=C4C[C@](O)(CC)CC[C@@H]4[C@H]3CC[C@]12C)S(=O)(=O)c1ccccc1.CCC(O)CCC[C@@H](C)[C@H]1CC[C@H]2[C@@H]3CC=C4C[C@](O)(CC)CC[C@@H]4[C@H]3CC[C@]12C.CCC1CO1.CC[C@]1(O)CC[C@H]2C(=CC[C@@H]3[C@@H]2CC[C@]2(C)[C@@H]([C@H](C)CCS(=O)(=O)c4ccccc4)CC[C@@H]32)C1. The molecule has 111 heavy (non-hydrogen) atoms. The van der Waals surface area contributed by atoms with Crippen LogP contribution in [-0.2, 0) is 24.4 Å². The van der Waals surface area contributed by atoms with Crippen molar-refractivity contribution < 1.29 is 47.1 Å². The second-order valence-electron chi connectivity index (χ2n) is 40.0. The van der Waals surface area contributed by atoms with E-state index in [1.165, 1.54) is 116 Å². The van der Waals surface area contributed by atoms with Crippen molar-refractivity contribution in [2.75, 3.05) is 12.4 Å². The zero-order chi connectivity index (χ0) is 77.4. The van der Waals surface area contributed by atoms with E-state index in [4.69, 9.17) is 4.74 Å². The van der Waals surface area contributed by atoms with Crippen LogP contribution in [0.2, 0.25) is 0 Å². The van der Waals surface area contributed by atoms with Gasteiger partial charge >= 0.3 is 0 Å². The monoisotopic (exact) mass is 1580 g/mol. The molecule has 10 nitrogen and oxygen atoms in total. The Balaban J connectivity index is 0.000000184. The number of rotatable bonds is 23. The zero-order valence-electron chi connectivity index (χ0n) is 69.7. The molecule has 632 valence electrons. The first-order valence-corrected chi connectivity index (χ1v) is 48.4. The van der Waals surface area contributed by atoms with Gasteiger partial charge in [-0.3, -0.25) is 0 Å². The average Bonchev–Trinajstić information content (AvgIpc) is 1.66. The summed E-state index contributed by atoms with van der Waals surface area (Å²) < 4.78 is 58.1. The second kappa shape index (κ2) is 38.2. The van der Waals surface area contributed by atoms with Gasteiger partial charge in [-0.25, -0.2) is 16.8 Å². The van der Waals surface area contributed by atoms with Crippen LogP contribution < -0.4 is 0 Å². The molecule has 0 spiro atoms. The normalized spacial score (nSPS) is 39.7. The summed E-state index contributed by atoms with van der Waals surface area (Å²) in [5.41, 5.74) is 4.49. The lowest BCUT2D eigenvalue weighted by Crippen LogP contribution is -2.48. The lowest BCUT2D eigenvalue weighted by molar-refractivity contribution is -0.0461. The molecule has 10 fully saturated rings. The van der Waals surface area contributed by atoms with Crippen LogP contribution in [0.3, 0.4) is 0 Å². The maximum Gasteiger partial charge on any atom is 0.181 e. The Morgan fingerprint density at radius 3 is 1.16 bits per heavy atom. The standard InChI is InChI=1S/C34H52O4S.C30H44O3S.C28H48O2.C4H8O.3CH4/c1-5-25(35)21-27(39(37,38)26-10-8-7-9-11-26)20-23(3)31-14-15-32-30-13-12-24-22-34(36,6-2)19-17-28(24)29(30)16-18-33(31,32)4;1-4-30(31)18-15-24-22(20-30)10-11-26-25(24)14-17-29(3)27(12-13-28(26)29)21(2)16-19-34(32,33)23-8-6-5-7-9-23;1-5-21(29)9-7-8-19(3)25-12-13-26-24-11-10-20-18-28(30,6-2)17-15-22(20)23(24)14-16-27(25,26)4;1-2-4-3-5-4;;;/h7-12,23,25,27-32,35-36H,5-6,13-22H2,1-4H3;5-10,21,24-28,31H,4,11-20H2,1-3H3;10,19,21-26,29-30H,5-9,11-18H2,1-4H3;4H,2-3H2,1H3;3*1H4/t23-,25?,27?,28+,29-,30-,31-,32+,33-,34+;21-,24+,25-,26-,27-,28+,29-,30+;19-,21?,22+,23-,24-,25-,26+,27-,28+;;;;/m111..../s1. The number of hydrogen-bond acceptors (Lipinski definition) is 10. The lowest BCUT2D eigenvalue weighted by atomic mass is 9.50. The summed E-state index contributed by atoms with van der Waals surface area (Å²) in [6, 6.07) is 17.8. The summed E-state index contributed by atoms with van der Waals surface area (Å²) in [4.78, 5) is 0.847. The van der Waals surface area contributed by atoms with Gasteiger partial charge in [0.1, 0.15) is 0 Å². The van der Waals surface area contributed by atoms with E-state index in [0.717, 1.165) is 168 Å². The number of epoxide rings is 1. The van der Waals surface area contributed by atoms with Crippen LogP contribution in [0.25, 0.3) is 0 Å². The summed E-state index contributed by atoms with van der Waals surface area (Å²) in [5, 5.41) is 52.7. The Morgan fingerprint density at radius 2 is 0.811 bits per heavy atom. The molecule has 15 rings (SSSR count). The van der Waals surface area contributed by atoms with E-state index in [1.807, 2.05) is 31.2 Å². The molecule has 13 aliphatic rings. The Kier molecular flexibility index (Phi) is 31.7. The second-order valence-corrected chi connectivity index (χ2v) is 44.3. The molecule has 1 aliphatic heterocycles. The molecular weight excluding hydrogens is 1410 g/mol. The van der Waals surface area contributed by atoms with E-state index in [9.17, 15) is 42.4 Å². The van der Waals surface area contributed by atoms with Gasteiger partial charge in [-0.2, -0.15) is 0 Å². The fourth-order valence-electron chi connectivity index (χ4n) is 27.8. The molecule has 0 aromatic heterocycles. The van der Waals surface area contributed by atoms with Gasteiger partial charge in [-0.15, -0.1) is 0 Å². The van der Waals surface area contributed by atoms with E-state index >= 15 is 0 Å². The number of hydrogen-bond donors (Lipinski definition) is 5. The molecule has 0 bridgehead atoms. The highest BCUT2D eigenvalue weighted by Gasteiger charge is 2.61. The van der Waals surface area contributed by atoms with E-state index in [0.29, 0.717) is 87.4 Å². The Bertz CT molecular complexity index is 3590. The van der Waals surface area contributed by atoms with Crippen LogP contribution in [0.4, 0.5) is 0 Å². The van der Waals surface area contributed by atoms with Crippen molar-refractivity contribution >= 4 is 19.7 Å². The Hall–Kier alpha value is -2.68. The van der Waals surface area contributed by atoms with E-state index in [1.54, 1.807) is 53.1 Å². The van der Waals surface area contributed by atoms with Gasteiger partial charge < -0.3 is 30.3 Å². The molecule has 12 heteroatoms. The third kappa shape index (κ3) is 19.6. The van der Waals surface area contributed by atoms with Gasteiger partial charge in [0.15, 0.2) is 19.7 Å². The first-order valence-electron chi connectivity index (χ1n) is 45.2. The number of ether oxygens (including phenoxy) is 1. The van der Waals surface area contributed by atoms with E-state index in [-0.39, 0.29) is 39.6 Å². The minimum Gasteiger partial charge on any atom is -0.393 e. The maximum atomic E-state index is 13.8. The number of sulfone groups is 2. The Morgan fingerprint density at radius 1 is 0.441 bits per heavy atom. The Labute approximate surface area is 679 Å². The van der Waals surface area contributed by atoms with Crippen LogP contribution in [-0.4, -0.2) is 95.1 Å². The highest BCUT2D eigenvalue weighted by Crippen LogP contribution is 2.69.